The highest BCUT2D eigenvalue weighted by atomic mass is 16.5. The normalized spacial score (nSPS) is 23.3. The van der Waals surface area contributed by atoms with Gasteiger partial charge in [-0.2, -0.15) is 0 Å². The topological polar surface area (TPSA) is 138 Å². The first-order chi connectivity index (χ1) is 16.9. The first-order valence-corrected chi connectivity index (χ1v) is 11.9. The van der Waals surface area contributed by atoms with Crippen molar-refractivity contribution in [2.75, 3.05) is 26.3 Å². The van der Waals surface area contributed by atoms with E-state index in [4.69, 9.17) is 4.74 Å². The number of urea groups is 1. The van der Waals surface area contributed by atoms with Crippen molar-refractivity contribution in [1.82, 2.24) is 29.9 Å². The minimum atomic E-state index is -1.09. The molecule has 1 spiro atoms. The lowest BCUT2D eigenvalue weighted by Gasteiger charge is -2.38. The molecular formula is C24H26N6O5. The van der Waals surface area contributed by atoms with E-state index in [9.17, 15) is 19.2 Å². The van der Waals surface area contributed by atoms with Gasteiger partial charge in [0.25, 0.3) is 17.4 Å². The summed E-state index contributed by atoms with van der Waals surface area (Å²) in [5, 5.41) is 4.98. The Balaban J connectivity index is 1.40. The van der Waals surface area contributed by atoms with E-state index >= 15 is 0 Å². The lowest BCUT2D eigenvalue weighted by atomic mass is 9.88. The average Bonchev–Trinajstić information content (AvgIpc) is 3.41. The van der Waals surface area contributed by atoms with Gasteiger partial charge in [-0.25, -0.2) is 9.78 Å². The van der Waals surface area contributed by atoms with Crippen molar-refractivity contribution >= 4 is 34.4 Å². The van der Waals surface area contributed by atoms with Crippen LogP contribution in [0.2, 0.25) is 0 Å². The van der Waals surface area contributed by atoms with Gasteiger partial charge in [0, 0.05) is 31.2 Å². The molecule has 182 valence electrons. The van der Waals surface area contributed by atoms with Crippen molar-refractivity contribution in [3.05, 3.63) is 45.6 Å². The zero-order valence-corrected chi connectivity index (χ0v) is 19.3. The Kier molecular flexibility index (Phi) is 4.92. The predicted molar refractivity (Wildman–Crippen MR) is 125 cm³/mol. The number of ether oxygens (including phenoxy) is 1. The molecule has 11 nitrogen and oxygen atoms in total. The monoisotopic (exact) mass is 478 g/mol. The number of imidazole rings is 1. The third-order valence-corrected chi connectivity index (χ3v) is 7.46. The number of likely N-dealkylation sites (tertiary alicyclic amines) is 1. The molecule has 1 atom stereocenters. The Hall–Kier alpha value is -3.73. The molecule has 5 heterocycles. The van der Waals surface area contributed by atoms with E-state index in [-0.39, 0.29) is 23.9 Å². The molecule has 1 unspecified atom stereocenters. The summed E-state index contributed by atoms with van der Waals surface area (Å²) in [5.41, 5.74) is 1.63. The molecule has 35 heavy (non-hydrogen) atoms. The largest absolute Gasteiger partial charge is 0.381 e. The summed E-state index contributed by atoms with van der Waals surface area (Å²) in [7, 11) is 0. The quantitative estimate of drug-likeness (QED) is 0.473. The van der Waals surface area contributed by atoms with Crippen molar-refractivity contribution in [2.45, 2.75) is 44.1 Å². The van der Waals surface area contributed by atoms with Crippen LogP contribution in [-0.4, -0.2) is 69.0 Å². The van der Waals surface area contributed by atoms with E-state index in [1.807, 2.05) is 17.4 Å². The molecule has 3 N–H and O–H groups in total. The number of aromatic nitrogens is 3. The molecule has 4 amide bonds. The van der Waals surface area contributed by atoms with Crippen LogP contribution in [0.3, 0.4) is 0 Å². The third-order valence-electron chi connectivity index (χ3n) is 7.46. The molecule has 3 aliphatic rings. The van der Waals surface area contributed by atoms with Crippen LogP contribution >= 0.6 is 0 Å². The lowest BCUT2D eigenvalue weighted by Crippen LogP contribution is -2.59. The summed E-state index contributed by atoms with van der Waals surface area (Å²) in [6.07, 6.45) is 4.35. The molecule has 11 heteroatoms. The van der Waals surface area contributed by atoms with Crippen molar-refractivity contribution in [1.29, 1.82) is 0 Å². The van der Waals surface area contributed by atoms with Gasteiger partial charge in [0.05, 0.1) is 23.8 Å². The molecule has 1 aromatic carbocycles. The summed E-state index contributed by atoms with van der Waals surface area (Å²) in [6.45, 7) is 3.76. The molecule has 0 aliphatic carbocycles. The van der Waals surface area contributed by atoms with Gasteiger partial charge in [0.15, 0.2) is 0 Å². The van der Waals surface area contributed by atoms with Crippen LogP contribution in [0.5, 0.6) is 0 Å². The second kappa shape index (κ2) is 7.91. The number of H-pyrrole nitrogens is 1. The van der Waals surface area contributed by atoms with Crippen molar-refractivity contribution in [3.63, 3.8) is 0 Å². The van der Waals surface area contributed by atoms with Crippen LogP contribution < -0.4 is 16.2 Å². The van der Waals surface area contributed by atoms with Gasteiger partial charge in [-0.3, -0.25) is 24.1 Å². The second-order valence-electron chi connectivity index (χ2n) is 9.68. The number of aromatic amines is 1. The summed E-state index contributed by atoms with van der Waals surface area (Å²) in [4.78, 5) is 59.7. The maximum atomic E-state index is 13.6. The first-order valence-electron chi connectivity index (χ1n) is 11.9. The molecule has 3 aromatic rings. The van der Waals surface area contributed by atoms with E-state index in [0.29, 0.717) is 49.2 Å². The fraction of sp³-hybridized carbons (Fsp3) is 0.458. The number of benzene rings is 1. The number of hydrogen-bond acceptors (Lipinski definition) is 6. The number of amides is 4. The van der Waals surface area contributed by atoms with Gasteiger partial charge in [0.2, 0.25) is 0 Å². The first kappa shape index (κ1) is 21.8. The molecule has 0 bridgehead atoms. The number of carbonyl (C=O) groups is 3. The van der Waals surface area contributed by atoms with Gasteiger partial charge in [-0.1, -0.05) is 0 Å². The number of piperidine rings is 1. The van der Waals surface area contributed by atoms with Crippen molar-refractivity contribution < 1.29 is 19.1 Å². The van der Waals surface area contributed by atoms with E-state index < -0.39 is 17.5 Å². The van der Waals surface area contributed by atoms with Gasteiger partial charge in [0.1, 0.15) is 16.9 Å². The number of carbonyl (C=O) groups excluding carboxylic acids is 3. The van der Waals surface area contributed by atoms with Gasteiger partial charge in [-0.15, -0.1) is 0 Å². The van der Waals surface area contributed by atoms with Crippen molar-refractivity contribution in [3.8, 4) is 0 Å². The molecule has 3 fully saturated rings. The highest BCUT2D eigenvalue weighted by Gasteiger charge is 2.49. The smallest absolute Gasteiger partial charge is 0.322 e. The van der Waals surface area contributed by atoms with Crippen LogP contribution in [-0.2, 0) is 9.53 Å². The molecule has 6 rings (SSSR count). The Morgan fingerprint density at radius 2 is 1.97 bits per heavy atom. The van der Waals surface area contributed by atoms with Gasteiger partial charge >= 0.3 is 6.03 Å². The minimum absolute atomic E-state index is 0.103. The molecule has 3 aliphatic heterocycles. The van der Waals surface area contributed by atoms with E-state index in [2.05, 4.69) is 20.6 Å². The van der Waals surface area contributed by atoms with E-state index in [1.165, 1.54) is 0 Å². The molecule has 0 radical (unpaired) electrons. The van der Waals surface area contributed by atoms with E-state index in [0.717, 1.165) is 29.7 Å². The molecular weight excluding hydrogens is 452 g/mol. The summed E-state index contributed by atoms with van der Waals surface area (Å²) in [6, 6.07) is 3.07. The standard InChI is InChI=1S/C24H26N6O5/c1-13-9-17-16(26-20(31)18-11-25-19(30(17)18)14-3-7-35-8-4-14)10-15(13)21(32)29-6-2-5-24(12-29)22(33)27-23(34)28-24/h9-11,14H,2-8,12H2,1H3,(H,26,31)(H2,27,28,33,34). The summed E-state index contributed by atoms with van der Waals surface area (Å²) < 4.78 is 7.39. The molecule has 0 saturated carbocycles. The zero-order chi connectivity index (χ0) is 24.3. The maximum Gasteiger partial charge on any atom is 0.322 e. The fourth-order valence-corrected chi connectivity index (χ4v) is 5.63. The highest BCUT2D eigenvalue weighted by molar-refractivity contribution is 6.08. The second-order valence-corrected chi connectivity index (χ2v) is 9.68. The average molecular weight is 479 g/mol. The number of nitrogens with zero attached hydrogens (tertiary/aromatic N) is 3. The van der Waals surface area contributed by atoms with E-state index in [1.54, 1.807) is 17.2 Å². The van der Waals surface area contributed by atoms with Crippen molar-refractivity contribution in [2.24, 2.45) is 0 Å². The summed E-state index contributed by atoms with van der Waals surface area (Å²) >= 11 is 0. The number of hydrogen-bond donors (Lipinski definition) is 3. The number of fused-ring (bicyclic) bond motifs is 3. The minimum Gasteiger partial charge on any atom is -0.381 e. The van der Waals surface area contributed by atoms with Crippen LogP contribution in [0.1, 0.15) is 53.3 Å². The highest BCUT2D eigenvalue weighted by Crippen LogP contribution is 2.30. The predicted octanol–water partition coefficient (Wildman–Crippen LogP) is 1.19. The van der Waals surface area contributed by atoms with Crippen LogP contribution in [0.4, 0.5) is 4.79 Å². The Labute approximate surface area is 199 Å². The number of nitrogens with one attached hydrogen (secondary N) is 3. The van der Waals surface area contributed by atoms with Crippen LogP contribution in [0, 0.1) is 6.92 Å². The third kappa shape index (κ3) is 3.41. The molecule has 3 saturated heterocycles. The maximum absolute atomic E-state index is 13.6. The number of imide groups is 1. The Morgan fingerprint density at radius 3 is 2.71 bits per heavy atom. The fourth-order valence-electron chi connectivity index (χ4n) is 5.63. The lowest BCUT2D eigenvalue weighted by molar-refractivity contribution is -0.125. The summed E-state index contributed by atoms with van der Waals surface area (Å²) in [5.74, 6) is 0.380. The number of aryl methyl sites for hydroxylation is 1. The zero-order valence-electron chi connectivity index (χ0n) is 19.3. The van der Waals surface area contributed by atoms with Crippen LogP contribution in [0.25, 0.3) is 16.6 Å². The number of rotatable bonds is 2. The SMILES string of the molecule is Cc1cc2c(cc1C(=O)N1CCCC3(C1)NC(=O)NC3=O)[nH]c(=O)c1cnc(C3CCOCC3)n12. The van der Waals surface area contributed by atoms with Crippen LogP contribution in [0.15, 0.2) is 23.1 Å². The Morgan fingerprint density at radius 1 is 1.17 bits per heavy atom. The molecule has 2 aromatic heterocycles. The Bertz CT molecular complexity index is 1450. The van der Waals surface area contributed by atoms with Gasteiger partial charge in [-0.05, 0) is 50.3 Å². The van der Waals surface area contributed by atoms with Gasteiger partial charge < -0.3 is 19.9 Å².